The molecule has 0 fully saturated rings. The number of rotatable bonds is 4. The Hall–Kier alpha value is -1.96. The van der Waals surface area contributed by atoms with Crippen LogP contribution in [0.1, 0.15) is 5.76 Å². The summed E-state index contributed by atoms with van der Waals surface area (Å²) in [7, 11) is -5.30. The summed E-state index contributed by atoms with van der Waals surface area (Å²) >= 11 is 0. The smallest absolute Gasteiger partial charge is 0.467 e. The molecule has 0 aliphatic rings. The third-order valence-electron chi connectivity index (χ3n) is 2.52. The van der Waals surface area contributed by atoms with Crippen LogP contribution in [0.4, 0.5) is 18.9 Å². The first-order chi connectivity index (χ1) is 9.30. The highest BCUT2D eigenvalue weighted by molar-refractivity contribution is 7.92. The lowest BCUT2D eigenvalue weighted by atomic mass is 10.3. The molecule has 0 spiro atoms. The van der Waals surface area contributed by atoms with Gasteiger partial charge in [-0.3, -0.25) is 0 Å². The molecule has 1 aromatic carbocycles. The molecule has 2 rings (SSSR count). The van der Waals surface area contributed by atoms with Crippen LogP contribution in [0.2, 0.25) is 0 Å². The SMILES string of the molecule is O=S(=O)(c1ccc(NCc2ccco2)cc1)C(F)(F)F. The van der Waals surface area contributed by atoms with Crippen molar-refractivity contribution in [2.24, 2.45) is 0 Å². The van der Waals surface area contributed by atoms with Crippen molar-refractivity contribution in [1.82, 2.24) is 0 Å². The van der Waals surface area contributed by atoms with E-state index in [0.717, 1.165) is 12.1 Å². The molecular weight excluding hydrogens is 295 g/mol. The van der Waals surface area contributed by atoms with Gasteiger partial charge in [-0.15, -0.1) is 0 Å². The van der Waals surface area contributed by atoms with Crippen LogP contribution in [0.15, 0.2) is 52.0 Å². The van der Waals surface area contributed by atoms with Gasteiger partial charge in [0.2, 0.25) is 0 Å². The van der Waals surface area contributed by atoms with E-state index in [9.17, 15) is 21.6 Å². The first-order valence-electron chi connectivity index (χ1n) is 5.48. The Balaban J connectivity index is 2.11. The van der Waals surface area contributed by atoms with E-state index in [1.807, 2.05) is 0 Å². The molecule has 8 heteroatoms. The largest absolute Gasteiger partial charge is 0.501 e. The first kappa shape index (κ1) is 14.4. The van der Waals surface area contributed by atoms with Gasteiger partial charge >= 0.3 is 5.51 Å². The summed E-state index contributed by atoms with van der Waals surface area (Å²) < 4.78 is 64.4. The van der Waals surface area contributed by atoms with Crippen molar-refractivity contribution in [3.63, 3.8) is 0 Å². The van der Waals surface area contributed by atoms with Crippen LogP contribution in [0.5, 0.6) is 0 Å². The molecule has 1 heterocycles. The molecule has 0 atom stereocenters. The summed E-state index contributed by atoms with van der Waals surface area (Å²) in [5.41, 5.74) is -4.81. The summed E-state index contributed by atoms with van der Waals surface area (Å²) in [6, 6.07) is 7.79. The summed E-state index contributed by atoms with van der Waals surface area (Å²) in [6.45, 7) is 0.346. The van der Waals surface area contributed by atoms with Crippen LogP contribution < -0.4 is 5.32 Å². The monoisotopic (exact) mass is 305 g/mol. The fourth-order valence-corrected chi connectivity index (χ4v) is 2.25. The van der Waals surface area contributed by atoms with E-state index >= 15 is 0 Å². The summed E-state index contributed by atoms with van der Waals surface area (Å²) in [4.78, 5) is -0.784. The van der Waals surface area contributed by atoms with Gasteiger partial charge in [-0.1, -0.05) is 0 Å². The average Bonchev–Trinajstić information content (AvgIpc) is 2.88. The zero-order valence-electron chi connectivity index (χ0n) is 10.0. The Morgan fingerprint density at radius 3 is 2.25 bits per heavy atom. The number of benzene rings is 1. The molecule has 4 nitrogen and oxygen atoms in total. The third kappa shape index (κ3) is 2.96. The van der Waals surface area contributed by atoms with Crippen LogP contribution in [0.25, 0.3) is 0 Å². The molecule has 0 bridgehead atoms. The number of halogens is 3. The minimum Gasteiger partial charge on any atom is -0.467 e. The molecule has 0 saturated carbocycles. The van der Waals surface area contributed by atoms with Crippen molar-refractivity contribution in [2.75, 3.05) is 5.32 Å². The molecule has 108 valence electrons. The van der Waals surface area contributed by atoms with Crippen molar-refractivity contribution in [3.8, 4) is 0 Å². The molecule has 1 aromatic heterocycles. The minimum absolute atomic E-state index is 0.346. The maximum absolute atomic E-state index is 12.3. The highest BCUT2D eigenvalue weighted by Gasteiger charge is 2.46. The van der Waals surface area contributed by atoms with E-state index in [2.05, 4.69) is 5.32 Å². The van der Waals surface area contributed by atoms with Crippen molar-refractivity contribution in [2.45, 2.75) is 16.9 Å². The number of nitrogens with one attached hydrogen (secondary N) is 1. The van der Waals surface area contributed by atoms with E-state index in [1.54, 1.807) is 12.1 Å². The number of sulfone groups is 1. The molecule has 2 aromatic rings. The lowest BCUT2D eigenvalue weighted by molar-refractivity contribution is -0.0436. The molecule has 0 amide bonds. The number of hydrogen-bond donors (Lipinski definition) is 1. The molecule has 0 radical (unpaired) electrons. The lowest BCUT2D eigenvalue weighted by Gasteiger charge is -2.09. The molecule has 0 unspecified atom stereocenters. The second-order valence-corrected chi connectivity index (χ2v) is 5.85. The van der Waals surface area contributed by atoms with Crippen LogP contribution in [-0.4, -0.2) is 13.9 Å². The van der Waals surface area contributed by atoms with Crippen LogP contribution >= 0.6 is 0 Å². The maximum Gasteiger partial charge on any atom is 0.501 e. The second kappa shape index (κ2) is 5.20. The Kier molecular flexibility index (Phi) is 3.76. The average molecular weight is 305 g/mol. The molecule has 20 heavy (non-hydrogen) atoms. The fourth-order valence-electron chi connectivity index (χ4n) is 1.49. The predicted molar refractivity (Wildman–Crippen MR) is 65.7 cm³/mol. The van der Waals surface area contributed by atoms with Gasteiger partial charge in [-0.2, -0.15) is 13.2 Å². The van der Waals surface area contributed by atoms with Crippen molar-refractivity contribution < 1.29 is 26.0 Å². The van der Waals surface area contributed by atoms with E-state index in [1.165, 1.54) is 18.4 Å². The lowest BCUT2D eigenvalue weighted by Crippen LogP contribution is -2.23. The van der Waals surface area contributed by atoms with Gasteiger partial charge in [0.15, 0.2) is 0 Å². The van der Waals surface area contributed by atoms with Crippen molar-refractivity contribution in [3.05, 3.63) is 48.4 Å². The van der Waals surface area contributed by atoms with E-state index in [-0.39, 0.29) is 0 Å². The van der Waals surface area contributed by atoms with Gasteiger partial charge in [-0.25, -0.2) is 8.42 Å². The zero-order chi connectivity index (χ0) is 14.8. The number of hydrogen-bond acceptors (Lipinski definition) is 4. The standard InChI is InChI=1S/C12H10F3NO3S/c13-12(14,15)20(17,18)11-5-3-9(4-6-11)16-8-10-2-1-7-19-10/h1-7,16H,8H2. The normalized spacial score (nSPS) is 12.3. The Morgan fingerprint density at radius 2 is 1.75 bits per heavy atom. The van der Waals surface area contributed by atoms with Gasteiger partial charge in [0.05, 0.1) is 17.7 Å². The van der Waals surface area contributed by atoms with Gasteiger partial charge in [0.1, 0.15) is 5.76 Å². The van der Waals surface area contributed by atoms with Crippen LogP contribution in [0.3, 0.4) is 0 Å². The Bertz CT molecular complexity index is 661. The van der Waals surface area contributed by atoms with Gasteiger partial charge in [0, 0.05) is 5.69 Å². The number of anilines is 1. The highest BCUT2D eigenvalue weighted by Crippen LogP contribution is 2.30. The fraction of sp³-hybridized carbons (Fsp3) is 0.167. The maximum atomic E-state index is 12.3. The summed E-state index contributed by atoms with van der Waals surface area (Å²) in [5, 5.41) is 2.89. The van der Waals surface area contributed by atoms with Crippen LogP contribution in [-0.2, 0) is 16.4 Å². The summed E-state index contributed by atoms with van der Waals surface area (Å²) in [5.74, 6) is 0.650. The molecule has 0 saturated heterocycles. The Labute approximate surface area is 113 Å². The molecule has 0 aliphatic carbocycles. The van der Waals surface area contributed by atoms with Crippen molar-refractivity contribution in [1.29, 1.82) is 0 Å². The first-order valence-corrected chi connectivity index (χ1v) is 6.97. The number of furan rings is 1. The van der Waals surface area contributed by atoms with E-state index < -0.39 is 20.2 Å². The minimum atomic E-state index is -5.30. The predicted octanol–water partition coefficient (Wildman–Crippen LogP) is 3.19. The molecule has 1 N–H and O–H groups in total. The quantitative estimate of drug-likeness (QED) is 0.942. The van der Waals surface area contributed by atoms with Gasteiger partial charge in [0.25, 0.3) is 9.84 Å². The number of alkyl halides is 3. The topological polar surface area (TPSA) is 59.3 Å². The van der Waals surface area contributed by atoms with E-state index in [0.29, 0.717) is 18.0 Å². The zero-order valence-corrected chi connectivity index (χ0v) is 10.8. The molecule has 0 aliphatic heterocycles. The highest BCUT2D eigenvalue weighted by atomic mass is 32.2. The van der Waals surface area contributed by atoms with Crippen LogP contribution in [0, 0.1) is 0 Å². The van der Waals surface area contributed by atoms with Gasteiger partial charge < -0.3 is 9.73 Å². The second-order valence-electron chi connectivity index (χ2n) is 3.91. The van der Waals surface area contributed by atoms with Gasteiger partial charge in [-0.05, 0) is 36.4 Å². The third-order valence-corrected chi connectivity index (χ3v) is 4.02. The summed E-state index contributed by atoms with van der Waals surface area (Å²) in [6.07, 6.45) is 1.50. The molecular formula is C12H10F3NO3S. The van der Waals surface area contributed by atoms with Crippen molar-refractivity contribution >= 4 is 15.5 Å². The Morgan fingerprint density at radius 1 is 1.10 bits per heavy atom. The van der Waals surface area contributed by atoms with E-state index in [4.69, 9.17) is 4.42 Å².